The van der Waals surface area contributed by atoms with Gasteiger partial charge in [-0.3, -0.25) is 0 Å². The molecule has 4 unspecified atom stereocenters. The molecule has 2 saturated carbocycles. The first-order valence-corrected chi connectivity index (χ1v) is 11.4. The van der Waals surface area contributed by atoms with Gasteiger partial charge in [-0.2, -0.15) is 0 Å². The zero-order valence-corrected chi connectivity index (χ0v) is 18.0. The van der Waals surface area contributed by atoms with E-state index >= 15 is 0 Å². The molecule has 0 bridgehead atoms. The zero-order chi connectivity index (χ0) is 20.9. The standard InChI is InChI=1S/C28H33FO/c1-3-5-16-30-28-15-14-26(19-27(28)29)22-10-8-21(9-11-22)24-13-12-23-17-20(4-2)6-7-25(23)18-24/h3-5,8-11,14-15,19-20,23-25H,2,6-7,12-13,16-18H2,1H3/b5-3+. The van der Waals surface area contributed by atoms with Gasteiger partial charge in [0.05, 0.1) is 0 Å². The molecule has 0 N–H and O–H groups in total. The van der Waals surface area contributed by atoms with Crippen molar-refractivity contribution in [3.63, 3.8) is 0 Å². The van der Waals surface area contributed by atoms with E-state index in [0.717, 1.165) is 28.9 Å². The molecule has 2 aliphatic rings. The highest BCUT2D eigenvalue weighted by atomic mass is 19.1. The average molecular weight is 405 g/mol. The van der Waals surface area contributed by atoms with Crippen LogP contribution < -0.4 is 4.74 Å². The number of ether oxygens (including phenoxy) is 1. The molecule has 0 radical (unpaired) electrons. The fourth-order valence-electron chi connectivity index (χ4n) is 5.42. The SMILES string of the molecule is C=CC1CCC2CC(c3ccc(-c4ccc(OC/C=C/C)c(F)c4)cc3)CCC2C1. The highest BCUT2D eigenvalue weighted by Gasteiger charge is 2.35. The van der Waals surface area contributed by atoms with E-state index in [1.54, 1.807) is 12.1 Å². The van der Waals surface area contributed by atoms with Crippen LogP contribution in [0.5, 0.6) is 5.75 Å². The summed E-state index contributed by atoms with van der Waals surface area (Å²) in [5.74, 6) is 3.17. The Morgan fingerprint density at radius 3 is 2.43 bits per heavy atom. The maximum atomic E-state index is 14.4. The topological polar surface area (TPSA) is 9.23 Å². The van der Waals surface area contributed by atoms with Gasteiger partial charge in [0.15, 0.2) is 11.6 Å². The van der Waals surface area contributed by atoms with Gasteiger partial charge in [0, 0.05) is 0 Å². The van der Waals surface area contributed by atoms with E-state index in [2.05, 4.69) is 36.9 Å². The van der Waals surface area contributed by atoms with Crippen LogP contribution in [0.3, 0.4) is 0 Å². The number of rotatable bonds is 6. The molecule has 0 heterocycles. The summed E-state index contributed by atoms with van der Waals surface area (Å²) >= 11 is 0. The van der Waals surface area contributed by atoms with Gasteiger partial charge in [0.1, 0.15) is 6.61 Å². The monoisotopic (exact) mass is 404 g/mol. The van der Waals surface area contributed by atoms with Crippen LogP contribution in [0.2, 0.25) is 0 Å². The van der Waals surface area contributed by atoms with E-state index in [1.165, 1.54) is 44.1 Å². The minimum atomic E-state index is -0.311. The van der Waals surface area contributed by atoms with Crippen LogP contribution in [0.25, 0.3) is 11.1 Å². The summed E-state index contributed by atoms with van der Waals surface area (Å²) in [7, 11) is 0. The Labute approximate surface area is 180 Å². The normalized spacial score (nSPS) is 26.3. The number of fused-ring (bicyclic) bond motifs is 1. The van der Waals surface area contributed by atoms with Crippen molar-refractivity contribution in [2.75, 3.05) is 6.61 Å². The molecule has 1 nitrogen and oxygen atoms in total. The van der Waals surface area contributed by atoms with Crippen molar-refractivity contribution in [2.45, 2.75) is 51.4 Å². The van der Waals surface area contributed by atoms with Crippen LogP contribution in [0.1, 0.15) is 56.9 Å². The Bertz CT molecular complexity index is 882. The van der Waals surface area contributed by atoms with E-state index in [4.69, 9.17) is 4.74 Å². The van der Waals surface area contributed by atoms with Crippen molar-refractivity contribution < 1.29 is 9.13 Å². The van der Waals surface area contributed by atoms with E-state index < -0.39 is 0 Å². The number of hydrogen-bond acceptors (Lipinski definition) is 1. The number of allylic oxidation sites excluding steroid dienone is 2. The molecule has 2 fully saturated rings. The van der Waals surface area contributed by atoms with E-state index in [9.17, 15) is 4.39 Å². The van der Waals surface area contributed by atoms with Crippen LogP contribution in [0.4, 0.5) is 4.39 Å². The maximum absolute atomic E-state index is 14.4. The lowest BCUT2D eigenvalue weighted by atomic mass is 9.64. The Kier molecular flexibility index (Phi) is 6.72. The summed E-state index contributed by atoms with van der Waals surface area (Å²) in [6, 6.07) is 14.0. The first-order chi connectivity index (χ1) is 14.7. The number of hydrogen-bond donors (Lipinski definition) is 0. The van der Waals surface area contributed by atoms with E-state index in [0.29, 0.717) is 18.3 Å². The Hall–Kier alpha value is -2.35. The zero-order valence-electron chi connectivity index (χ0n) is 18.0. The highest BCUT2D eigenvalue weighted by molar-refractivity contribution is 5.64. The van der Waals surface area contributed by atoms with Gasteiger partial charge in [-0.15, -0.1) is 6.58 Å². The fraction of sp³-hybridized carbons (Fsp3) is 0.429. The van der Waals surface area contributed by atoms with Crippen molar-refractivity contribution >= 4 is 0 Å². The maximum Gasteiger partial charge on any atom is 0.165 e. The fourth-order valence-corrected chi connectivity index (χ4v) is 5.42. The number of halogens is 1. The lowest BCUT2D eigenvalue weighted by Crippen LogP contribution is -2.29. The molecule has 2 aliphatic carbocycles. The van der Waals surface area contributed by atoms with Crippen molar-refractivity contribution in [3.8, 4) is 16.9 Å². The van der Waals surface area contributed by atoms with Crippen molar-refractivity contribution in [1.29, 1.82) is 0 Å². The van der Waals surface area contributed by atoms with Gasteiger partial charge in [0.2, 0.25) is 0 Å². The van der Waals surface area contributed by atoms with Crippen LogP contribution in [-0.2, 0) is 0 Å². The molecular formula is C28H33FO. The van der Waals surface area contributed by atoms with Gasteiger partial charge >= 0.3 is 0 Å². The highest BCUT2D eigenvalue weighted by Crippen LogP contribution is 2.47. The molecule has 4 rings (SSSR count). The average Bonchev–Trinajstić information content (AvgIpc) is 2.79. The third-order valence-corrected chi connectivity index (χ3v) is 7.20. The van der Waals surface area contributed by atoms with Gasteiger partial charge in [-0.1, -0.05) is 48.6 Å². The van der Waals surface area contributed by atoms with Crippen molar-refractivity contribution in [2.24, 2.45) is 17.8 Å². The molecule has 0 aromatic heterocycles. The molecule has 0 amide bonds. The van der Waals surface area contributed by atoms with Crippen LogP contribution in [-0.4, -0.2) is 6.61 Å². The number of benzene rings is 2. The molecule has 2 aromatic carbocycles. The summed E-state index contributed by atoms with van der Waals surface area (Å²) in [6.07, 6.45) is 13.9. The Balaban J connectivity index is 1.41. The van der Waals surface area contributed by atoms with E-state index in [-0.39, 0.29) is 5.82 Å². The van der Waals surface area contributed by atoms with Crippen LogP contribution in [0, 0.1) is 23.6 Å². The van der Waals surface area contributed by atoms with Crippen LogP contribution >= 0.6 is 0 Å². The van der Waals surface area contributed by atoms with Gasteiger partial charge < -0.3 is 4.74 Å². The minimum absolute atomic E-state index is 0.302. The third-order valence-electron chi connectivity index (χ3n) is 7.20. The molecule has 0 aliphatic heterocycles. The second-order valence-corrected chi connectivity index (χ2v) is 8.99. The predicted molar refractivity (Wildman–Crippen MR) is 123 cm³/mol. The van der Waals surface area contributed by atoms with Crippen LogP contribution in [0.15, 0.2) is 67.3 Å². The largest absolute Gasteiger partial charge is 0.486 e. The molecule has 4 atom stereocenters. The first-order valence-electron chi connectivity index (χ1n) is 11.4. The van der Waals surface area contributed by atoms with Crippen molar-refractivity contribution in [1.82, 2.24) is 0 Å². The second-order valence-electron chi connectivity index (χ2n) is 8.99. The summed E-state index contributed by atoms with van der Waals surface area (Å²) in [5.41, 5.74) is 3.39. The first kappa shape index (κ1) is 20.9. The predicted octanol–water partition coefficient (Wildman–Crippen LogP) is 7.93. The van der Waals surface area contributed by atoms with Gasteiger partial charge in [0.25, 0.3) is 0 Å². The summed E-state index contributed by atoms with van der Waals surface area (Å²) < 4.78 is 19.8. The summed E-state index contributed by atoms with van der Waals surface area (Å²) in [4.78, 5) is 0. The molecular weight excluding hydrogens is 371 g/mol. The lowest BCUT2D eigenvalue weighted by Gasteiger charge is -2.41. The molecule has 2 heteroatoms. The van der Waals surface area contributed by atoms with Gasteiger partial charge in [-0.25, -0.2) is 4.39 Å². The molecule has 158 valence electrons. The quantitative estimate of drug-likeness (QED) is 0.444. The van der Waals surface area contributed by atoms with E-state index in [1.807, 2.05) is 25.1 Å². The Morgan fingerprint density at radius 1 is 0.967 bits per heavy atom. The minimum Gasteiger partial charge on any atom is -0.486 e. The summed E-state index contributed by atoms with van der Waals surface area (Å²) in [5, 5.41) is 0. The molecule has 0 saturated heterocycles. The third kappa shape index (κ3) is 4.69. The second kappa shape index (κ2) is 9.64. The van der Waals surface area contributed by atoms with Gasteiger partial charge in [-0.05, 0) is 97.9 Å². The lowest BCUT2D eigenvalue weighted by molar-refractivity contribution is 0.133. The summed E-state index contributed by atoms with van der Waals surface area (Å²) in [6.45, 7) is 6.32. The molecule has 0 spiro atoms. The Morgan fingerprint density at radius 2 is 1.70 bits per heavy atom. The smallest absolute Gasteiger partial charge is 0.165 e. The molecule has 30 heavy (non-hydrogen) atoms. The molecule has 2 aromatic rings. The van der Waals surface area contributed by atoms with Crippen molar-refractivity contribution in [3.05, 3.63) is 78.7 Å².